The molecule has 1 N–H and O–H groups in total. The molecule has 28 heavy (non-hydrogen) atoms. The molecule has 1 fully saturated rings. The lowest BCUT2D eigenvalue weighted by Crippen LogP contribution is -2.35. The topological polar surface area (TPSA) is 106 Å². The molecule has 1 aliphatic rings. The van der Waals surface area contributed by atoms with E-state index in [0.29, 0.717) is 31.1 Å². The molecule has 1 aromatic heterocycles. The Balaban J connectivity index is 1.79. The molecule has 0 radical (unpaired) electrons. The van der Waals surface area contributed by atoms with Crippen LogP contribution in [0.2, 0.25) is 0 Å². The molecule has 1 amide bonds. The Kier molecular flexibility index (Phi) is 6.30. The van der Waals surface area contributed by atoms with Crippen molar-refractivity contribution in [2.45, 2.75) is 37.6 Å². The van der Waals surface area contributed by atoms with Gasteiger partial charge in [0.15, 0.2) is 0 Å². The van der Waals surface area contributed by atoms with Gasteiger partial charge in [-0.1, -0.05) is 13.3 Å². The number of ether oxygens (including phenoxy) is 1. The summed E-state index contributed by atoms with van der Waals surface area (Å²) in [5, 5.41) is 6.77. The van der Waals surface area contributed by atoms with Crippen LogP contribution in [0, 0.1) is 5.92 Å². The zero-order chi connectivity index (χ0) is 20.1. The van der Waals surface area contributed by atoms with E-state index in [4.69, 9.17) is 4.74 Å². The molecule has 152 valence electrons. The number of nitrogens with zero attached hydrogens (tertiary/aromatic N) is 4. The maximum absolute atomic E-state index is 12.9. The number of amides is 1. The third-order valence-corrected chi connectivity index (χ3v) is 6.65. The maximum atomic E-state index is 12.9. The van der Waals surface area contributed by atoms with Crippen molar-refractivity contribution in [1.29, 1.82) is 0 Å². The Morgan fingerprint density at radius 2 is 2.04 bits per heavy atom. The molecule has 3 rings (SSSR count). The number of anilines is 1. The van der Waals surface area contributed by atoms with E-state index < -0.39 is 15.9 Å². The lowest BCUT2D eigenvalue weighted by molar-refractivity contribution is -0.119. The number of carbonyl (C=O) groups excluding carboxylic acids is 1. The SMILES string of the molecule is COc1ccc(S(=O)(=O)N2CCCCC2)cc1NC(=O)[C@@H](C)Cn1cncn1. The van der Waals surface area contributed by atoms with Gasteiger partial charge >= 0.3 is 0 Å². The van der Waals surface area contributed by atoms with Crippen molar-refractivity contribution >= 4 is 21.6 Å². The minimum atomic E-state index is -3.60. The molecule has 0 aliphatic carbocycles. The zero-order valence-electron chi connectivity index (χ0n) is 16.0. The summed E-state index contributed by atoms with van der Waals surface area (Å²) in [6, 6.07) is 4.54. The number of benzene rings is 1. The minimum Gasteiger partial charge on any atom is -0.495 e. The molecule has 0 saturated carbocycles. The average molecular weight is 407 g/mol. The first-order valence-electron chi connectivity index (χ1n) is 9.23. The second kappa shape index (κ2) is 8.70. The summed E-state index contributed by atoms with van der Waals surface area (Å²) in [4.78, 5) is 16.6. The summed E-state index contributed by atoms with van der Waals surface area (Å²) >= 11 is 0. The van der Waals surface area contributed by atoms with Gasteiger partial charge in [-0.3, -0.25) is 9.48 Å². The summed E-state index contributed by atoms with van der Waals surface area (Å²) < 4.78 is 34.2. The second-order valence-corrected chi connectivity index (χ2v) is 8.77. The molecule has 1 aromatic carbocycles. The molecule has 1 saturated heterocycles. The molecular formula is C18H25N5O4S. The number of sulfonamides is 1. The predicted molar refractivity (Wildman–Crippen MR) is 103 cm³/mol. The van der Waals surface area contributed by atoms with Crippen molar-refractivity contribution in [3.05, 3.63) is 30.9 Å². The van der Waals surface area contributed by atoms with Gasteiger partial charge in [0, 0.05) is 13.1 Å². The number of aromatic nitrogens is 3. The Labute approximate surface area is 164 Å². The highest BCUT2D eigenvalue weighted by Crippen LogP contribution is 2.30. The summed E-state index contributed by atoms with van der Waals surface area (Å²) in [5.74, 6) is -0.256. The van der Waals surface area contributed by atoms with Crippen LogP contribution >= 0.6 is 0 Å². The van der Waals surface area contributed by atoms with Crippen LogP contribution in [-0.4, -0.2) is 53.6 Å². The highest BCUT2D eigenvalue weighted by Gasteiger charge is 2.27. The van der Waals surface area contributed by atoms with Crippen LogP contribution in [0.4, 0.5) is 5.69 Å². The average Bonchev–Trinajstić information content (AvgIpc) is 3.21. The van der Waals surface area contributed by atoms with E-state index in [1.165, 1.54) is 36.2 Å². The summed E-state index contributed by atoms with van der Waals surface area (Å²) in [6.45, 7) is 3.16. The highest BCUT2D eigenvalue weighted by atomic mass is 32.2. The van der Waals surface area contributed by atoms with E-state index in [2.05, 4.69) is 15.4 Å². The van der Waals surface area contributed by atoms with Crippen molar-refractivity contribution in [3.63, 3.8) is 0 Å². The Hall–Kier alpha value is -2.46. The van der Waals surface area contributed by atoms with Crippen molar-refractivity contribution in [2.24, 2.45) is 5.92 Å². The molecule has 1 atom stereocenters. The van der Waals surface area contributed by atoms with Gasteiger partial charge in [0.25, 0.3) is 0 Å². The third kappa shape index (κ3) is 4.50. The van der Waals surface area contributed by atoms with Crippen molar-refractivity contribution in [2.75, 3.05) is 25.5 Å². The fraction of sp³-hybridized carbons (Fsp3) is 0.500. The molecule has 0 bridgehead atoms. The Morgan fingerprint density at radius 1 is 1.29 bits per heavy atom. The van der Waals surface area contributed by atoms with Crippen LogP contribution in [-0.2, 0) is 21.4 Å². The van der Waals surface area contributed by atoms with E-state index in [-0.39, 0.29) is 10.8 Å². The quantitative estimate of drug-likeness (QED) is 0.749. The zero-order valence-corrected chi connectivity index (χ0v) is 16.9. The Bertz CT molecular complexity index is 908. The molecule has 2 heterocycles. The van der Waals surface area contributed by atoms with Crippen LogP contribution < -0.4 is 10.1 Å². The van der Waals surface area contributed by atoms with E-state index in [9.17, 15) is 13.2 Å². The van der Waals surface area contributed by atoms with Crippen LogP contribution in [0.15, 0.2) is 35.7 Å². The van der Waals surface area contributed by atoms with Gasteiger partial charge in [0.2, 0.25) is 15.9 Å². The number of nitrogens with one attached hydrogen (secondary N) is 1. The largest absolute Gasteiger partial charge is 0.495 e. The fourth-order valence-corrected chi connectivity index (χ4v) is 4.69. The number of hydrogen-bond donors (Lipinski definition) is 1. The van der Waals surface area contributed by atoms with Gasteiger partial charge in [0.05, 0.1) is 30.2 Å². The van der Waals surface area contributed by atoms with E-state index >= 15 is 0 Å². The standard InChI is InChI=1S/C18H25N5O4S/c1-14(11-22-13-19-12-20-22)18(24)21-16-10-15(6-7-17(16)27-2)28(25,26)23-8-4-3-5-9-23/h6-7,10,12-14H,3-5,8-9,11H2,1-2H3,(H,21,24)/t14-/m0/s1. The lowest BCUT2D eigenvalue weighted by Gasteiger charge is -2.26. The molecule has 0 spiro atoms. The second-order valence-electron chi connectivity index (χ2n) is 6.83. The molecule has 1 aliphatic heterocycles. The minimum absolute atomic E-state index is 0.148. The van der Waals surface area contributed by atoms with Crippen LogP contribution in [0.3, 0.4) is 0 Å². The van der Waals surface area contributed by atoms with Gasteiger partial charge in [-0.15, -0.1) is 0 Å². The lowest BCUT2D eigenvalue weighted by atomic mass is 10.1. The monoisotopic (exact) mass is 407 g/mol. The first-order chi connectivity index (χ1) is 13.4. The summed E-state index contributed by atoms with van der Waals surface area (Å²) in [5.41, 5.74) is 0.330. The number of rotatable bonds is 7. The number of carbonyl (C=O) groups is 1. The predicted octanol–water partition coefficient (Wildman–Crippen LogP) is 1.74. The van der Waals surface area contributed by atoms with Crippen molar-refractivity contribution in [3.8, 4) is 5.75 Å². The van der Waals surface area contributed by atoms with Gasteiger partial charge in [-0.05, 0) is 31.0 Å². The molecular weight excluding hydrogens is 382 g/mol. The number of piperidine rings is 1. The van der Waals surface area contributed by atoms with Gasteiger partial charge < -0.3 is 10.1 Å². The number of hydrogen-bond acceptors (Lipinski definition) is 6. The van der Waals surface area contributed by atoms with Gasteiger partial charge in [0.1, 0.15) is 18.4 Å². The number of methoxy groups -OCH3 is 1. The fourth-order valence-electron chi connectivity index (χ4n) is 3.15. The van der Waals surface area contributed by atoms with E-state index in [1.807, 2.05) is 0 Å². The molecule has 0 unspecified atom stereocenters. The first-order valence-corrected chi connectivity index (χ1v) is 10.7. The normalized spacial score (nSPS) is 16.5. The third-order valence-electron chi connectivity index (χ3n) is 4.76. The van der Waals surface area contributed by atoms with Crippen LogP contribution in [0.1, 0.15) is 26.2 Å². The molecule has 10 heteroatoms. The highest BCUT2D eigenvalue weighted by molar-refractivity contribution is 7.89. The first kappa shape index (κ1) is 20.3. The van der Waals surface area contributed by atoms with E-state index in [1.54, 1.807) is 17.7 Å². The van der Waals surface area contributed by atoms with Crippen molar-refractivity contribution in [1.82, 2.24) is 19.1 Å². The Morgan fingerprint density at radius 3 is 2.68 bits per heavy atom. The molecule has 2 aromatic rings. The van der Waals surface area contributed by atoms with Gasteiger partial charge in [-0.25, -0.2) is 13.4 Å². The summed E-state index contributed by atoms with van der Waals surface area (Å²) in [7, 11) is -2.13. The van der Waals surface area contributed by atoms with Crippen LogP contribution in [0.5, 0.6) is 5.75 Å². The van der Waals surface area contributed by atoms with Crippen molar-refractivity contribution < 1.29 is 17.9 Å². The van der Waals surface area contributed by atoms with E-state index in [0.717, 1.165) is 19.3 Å². The molecule has 9 nitrogen and oxygen atoms in total. The van der Waals surface area contributed by atoms with Crippen LogP contribution in [0.25, 0.3) is 0 Å². The van der Waals surface area contributed by atoms with Gasteiger partial charge in [-0.2, -0.15) is 9.40 Å². The summed E-state index contributed by atoms with van der Waals surface area (Å²) in [6.07, 6.45) is 5.70. The maximum Gasteiger partial charge on any atom is 0.243 e. The smallest absolute Gasteiger partial charge is 0.243 e.